The molecule has 2 rings (SSSR count). The van der Waals surface area contributed by atoms with Crippen LogP contribution in [0.1, 0.15) is 16.8 Å². The number of halogens is 2. The van der Waals surface area contributed by atoms with Crippen molar-refractivity contribution in [3.63, 3.8) is 0 Å². The van der Waals surface area contributed by atoms with Crippen molar-refractivity contribution in [3.8, 4) is 5.75 Å². The van der Waals surface area contributed by atoms with E-state index in [1.54, 1.807) is 14.2 Å². The van der Waals surface area contributed by atoms with Crippen LogP contribution in [0.25, 0.3) is 0 Å². The summed E-state index contributed by atoms with van der Waals surface area (Å²) >= 11 is 6.06. The van der Waals surface area contributed by atoms with Crippen molar-refractivity contribution in [2.24, 2.45) is 12.0 Å². The number of guanidine groups is 1. The Hall–Kier alpha value is -1.41. The summed E-state index contributed by atoms with van der Waals surface area (Å²) in [6.45, 7) is 3.61. The molecule has 0 spiro atoms. The van der Waals surface area contributed by atoms with Crippen LogP contribution >= 0.6 is 35.6 Å². The Balaban J connectivity index is 0.00000338. The highest BCUT2D eigenvalue weighted by Crippen LogP contribution is 2.20. The van der Waals surface area contributed by atoms with Crippen LogP contribution in [0.3, 0.4) is 0 Å². The number of hydrogen-bond acceptors (Lipinski definition) is 2. The Kier molecular flexibility index (Phi) is 9.29. The smallest absolute Gasteiger partial charge is 0.193 e. The summed E-state index contributed by atoms with van der Waals surface area (Å²) in [6.07, 6.45) is 2.78. The molecular weight excluding hydrogens is 463 g/mol. The van der Waals surface area contributed by atoms with E-state index in [2.05, 4.69) is 34.3 Å². The molecule has 1 aromatic heterocycles. The first-order valence-electron chi connectivity index (χ1n) is 8.30. The van der Waals surface area contributed by atoms with Crippen LogP contribution in [0.15, 0.2) is 35.5 Å². The van der Waals surface area contributed by atoms with Crippen molar-refractivity contribution in [2.45, 2.75) is 19.9 Å². The Morgan fingerprint density at radius 1 is 1.35 bits per heavy atom. The fourth-order valence-electron chi connectivity index (χ4n) is 2.84. The van der Waals surface area contributed by atoms with Crippen molar-refractivity contribution < 1.29 is 4.74 Å². The molecule has 7 heteroatoms. The summed E-state index contributed by atoms with van der Waals surface area (Å²) < 4.78 is 7.47. The van der Waals surface area contributed by atoms with Gasteiger partial charge in [-0.15, -0.1) is 24.0 Å². The van der Waals surface area contributed by atoms with Gasteiger partial charge in [0.25, 0.3) is 0 Å². The van der Waals surface area contributed by atoms with Gasteiger partial charge in [0.05, 0.1) is 18.7 Å². The lowest BCUT2D eigenvalue weighted by molar-refractivity contribution is 0.409. The van der Waals surface area contributed by atoms with Crippen molar-refractivity contribution >= 4 is 41.5 Å². The van der Waals surface area contributed by atoms with Crippen molar-refractivity contribution in [1.29, 1.82) is 0 Å². The molecule has 0 saturated carbocycles. The van der Waals surface area contributed by atoms with E-state index in [1.807, 2.05) is 37.0 Å². The van der Waals surface area contributed by atoms with Gasteiger partial charge in [-0.3, -0.25) is 4.99 Å². The topological polar surface area (TPSA) is 41.8 Å². The maximum absolute atomic E-state index is 6.06. The third kappa shape index (κ3) is 6.09. The Morgan fingerprint density at radius 3 is 2.65 bits per heavy atom. The number of aliphatic imine (C=N–C) groups is 1. The Morgan fingerprint density at radius 2 is 2.08 bits per heavy atom. The van der Waals surface area contributed by atoms with Crippen LogP contribution < -0.4 is 10.1 Å². The monoisotopic (exact) mass is 490 g/mol. The van der Waals surface area contributed by atoms with Gasteiger partial charge in [-0.1, -0.05) is 29.3 Å². The van der Waals surface area contributed by atoms with E-state index in [1.165, 1.54) is 11.1 Å². The van der Waals surface area contributed by atoms with Crippen molar-refractivity contribution in [1.82, 2.24) is 14.8 Å². The third-order valence-corrected chi connectivity index (χ3v) is 4.37. The van der Waals surface area contributed by atoms with Gasteiger partial charge < -0.3 is 19.5 Å². The molecule has 1 N–H and O–H groups in total. The highest BCUT2D eigenvalue weighted by molar-refractivity contribution is 14.0. The van der Waals surface area contributed by atoms with Gasteiger partial charge >= 0.3 is 0 Å². The van der Waals surface area contributed by atoms with Gasteiger partial charge in [-0.05, 0) is 31.0 Å². The van der Waals surface area contributed by atoms with Crippen LogP contribution in [-0.2, 0) is 20.0 Å². The Labute approximate surface area is 178 Å². The summed E-state index contributed by atoms with van der Waals surface area (Å²) in [5, 5.41) is 4.16. The number of benzene rings is 1. The van der Waals surface area contributed by atoms with Crippen LogP contribution in [0, 0.1) is 6.92 Å². The molecule has 0 atom stereocenters. The highest BCUT2D eigenvalue weighted by Gasteiger charge is 2.10. The fourth-order valence-corrected chi connectivity index (χ4v) is 3.11. The first kappa shape index (κ1) is 22.6. The van der Waals surface area contributed by atoms with Gasteiger partial charge in [-0.2, -0.15) is 0 Å². The molecule has 5 nitrogen and oxygen atoms in total. The zero-order valence-electron chi connectivity index (χ0n) is 16.0. The normalized spacial score (nSPS) is 11.1. The number of methoxy groups -OCH3 is 1. The van der Waals surface area contributed by atoms with E-state index in [0.29, 0.717) is 0 Å². The van der Waals surface area contributed by atoms with Crippen molar-refractivity contribution in [3.05, 3.63) is 52.3 Å². The summed E-state index contributed by atoms with van der Waals surface area (Å²) in [6, 6.07) is 8.22. The lowest BCUT2D eigenvalue weighted by atomic mass is 10.1. The van der Waals surface area contributed by atoms with Crippen LogP contribution in [-0.4, -0.2) is 43.2 Å². The first-order valence-corrected chi connectivity index (χ1v) is 8.68. The minimum absolute atomic E-state index is 0. The average molecular weight is 491 g/mol. The third-order valence-electron chi connectivity index (χ3n) is 4.16. The largest absolute Gasteiger partial charge is 0.496 e. The lowest BCUT2D eigenvalue weighted by Gasteiger charge is -2.22. The summed E-state index contributed by atoms with van der Waals surface area (Å²) in [4.78, 5) is 6.45. The van der Waals surface area contributed by atoms with Crippen molar-refractivity contribution in [2.75, 3.05) is 27.7 Å². The molecule has 0 amide bonds. The number of aryl methyl sites for hydroxylation is 2. The number of aromatic nitrogens is 1. The van der Waals surface area contributed by atoms with Gasteiger partial charge in [0.1, 0.15) is 5.75 Å². The minimum Gasteiger partial charge on any atom is -0.496 e. The van der Waals surface area contributed by atoms with E-state index < -0.39 is 0 Å². The molecule has 1 aromatic carbocycles. The van der Waals surface area contributed by atoms with Crippen LogP contribution in [0.5, 0.6) is 5.75 Å². The molecule has 0 saturated heterocycles. The zero-order valence-corrected chi connectivity index (χ0v) is 19.1. The maximum Gasteiger partial charge on any atom is 0.193 e. The predicted molar refractivity (Wildman–Crippen MR) is 120 cm³/mol. The van der Waals surface area contributed by atoms with Crippen LogP contribution in [0.2, 0.25) is 5.02 Å². The minimum atomic E-state index is 0. The molecule has 144 valence electrons. The van der Waals surface area contributed by atoms with Gasteiger partial charge in [-0.25, -0.2) is 0 Å². The number of nitrogens with one attached hydrogen (secondary N) is 1. The standard InChI is InChI=1S/C19H27ClN4O.HI/c1-14-6-7-18(25-5)15(10-14)8-9-22-19(21-2)24(4)13-17-11-16(20)12-23(17)3;/h6-7,10-12H,8-9,13H2,1-5H3,(H,21,22);1H. The predicted octanol–water partition coefficient (Wildman–Crippen LogP) is 3.86. The molecule has 0 aliphatic rings. The molecule has 1 heterocycles. The molecule has 0 aliphatic carbocycles. The molecule has 0 fully saturated rings. The zero-order chi connectivity index (χ0) is 18.4. The highest BCUT2D eigenvalue weighted by atomic mass is 127. The fraction of sp³-hybridized carbons (Fsp3) is 0.421. The summed E-state index contributed by atoms with van der Waals surface area (Å²) in [5.41, 5.74) is 3.57. The lowest BCUT2D eigenvalue weighted by Crippen LogP contribution is -2.39. The molecule has 2 aromatic rings. The average Bonchev–Trinajstić information content (AvgIpc) is 2.89. The van der Waals surface area contributed by atoms with E-state index in [4.69, 9.17) is 16.3 Å². The molecule has 0 bridgehead atoms. The van der Waals surface area contributed by atoms with Crippen LogP contribution in [0.4, 0.5) is 0 Å². The second kappa shape index (κ2) is 10.7. The quantitative estimate of drug-likeness (QED) is 0.380. The summed E-state index contributed by atoms with van der Waals surface area (Å²) in [7, 11) is 7.52. The van der Waals surface area contributed by atoms with E-state index in [9.17, 15) is 0 Å². The molecule has 0 aliphatic heterocycles. The van der Waals surface area contributed by atoms with E-state index >= 15 is 0 Å². The molecule has 0 unspecified atom stereocenters. The molecular formula is C19H28ClIN4O. The van der Waals surface area contributed by atoms with Gasteiger partial charge in [0.2, 0.25) is 0 Å². The SMILES string of the molecule is CN=C(NCCc1cc(C)ccc1OC)N(C)Cc1cc(Cl)cn1C.I. The number of hydrogen-bond donors (Lipinski definition) is 1. The second-order valence-electron chi connectivity index (χ2n) is 6.16. The van der Waals surface area contributed by atoms with Gasteiger partial charge in [0, 0.05) is 39.6 Å². The van der Waals surface area contributed by atoms with E-state index in [-0.39, 0.29) is 24.0 Å². The number of nitrogens with zero attached hydrogens (tertiary/aromatic N) is 3. The summed E-state index contributed by atoms with van der Waals surface area (Å²) in [5.74, 6) is 1.78. The first-order chi connectivity index (χ1) is 11.9. The number of ether oxygens (including phenoxy) is 1. The molecule has 26 heavy (non-hydrogen) atoms. The number of rotatable bonds is 6. The molecule has 0 radical (unpaired) electrons. The Bertz CT molecular complexity index is 745. The second-order valence-corrected chi connectivity index (χ2v) is 6.59. The van der Waals surface area contributed by atoms with E-state index in [0.717, 1.165) is 41.9 Å². The van der Waals surface area contributed by atoms with Gasteiger partial charge in [0.15, 0.2) is 5.96 Å². The maximum atomic E-state index is 6.06.